The Bertz CT molecular complexity index is 1140. The number of aryl methyl sites for hydroxylation is 1. The van der Waals surface area contributed by atoms with Gasteiger partial charge in [-0.25, -0.2) is 4.68 Å². The van der Waals surface area contributed by atoms with Crippen molar-refractivity contribution in [1.82, 2.24) is 14.8 Å². The molecule has 1 aliphatic rings. The Morgan fingerprint density at radius 2 is 1.79 bits per heavy atom. The number of aromatic nitrogens is 2. The normalized spacial score (nSPS) is 14.5. The summed E-state index contributed by atoms with van der Waals surface area (Å²) >= 11 is 5.40. The zero-order valence-corrected chi connectivity index (χ0v) is 17.3. The van der Waals surface area contributed by atoms with Crippen LogP contribution in [0.15, 0.2) is 64.5 Å². The van der Waals surface area contributed by atoms with Crippen LogP contribution in [0, 0.1) is 6.92 Å². The van der Waals surface area contributed by atoms with Gasteiger partial charge in [-0.2, -0.15) is 5.10 Å². The minimum absolute atomic E-state index is 0.156. The van der Waals surface area contributed by atoms with Crippen LogP contribution in [-0.2, 0) is 13.5 Å². The molecule has 148 valence electrons. The Labute approximate surface area is 174 Å². The number of fused-ring (bicyclic) bond motifs is 1. The molecule has 7 heteroatoms. The van der Waals surface area contributed by atoms with Crippen LogP contribution in [-0.4, -0.2) is 20.2 Å². The molecule has 1 heterocycles. The second kappa shape index (κ2) is 8.05. The Kier molecular flexibility index (Phi) is 5.31. The molecule has 3 aromatic rings. The van der Waals surface area contributed by atoms with Gasteiger partial charge in [-0.05, 0) is 56.1 Å². The molecule has 0 bridgehead atoms. The second-order valence-electron chi connectivity index (χ2n) is 7.07. The lowest BCUT2D eigenvalue weighted by Crippen LogP contribution is -2.29. The molecular weight excluding hydrogens is 382 g/mol. The average molecular weight is 406 g/mol. The molecule has 2 N–H and O–H groups in total. The van der Waals surface area contributed by atoms with Crippen molar-refractivity contribution < 1.29 is 0 Å². The molecule has 0 atom stereocenters. The second-order valence-corrected chi connectivity index (χ2v) is 7.48. The number of thiocarbonyl (C=S) groups is 1. The van der Waals surface area contributed by atoms with E-state index < -0.39 is 0 Å². The maximum Gasteiger partial charge on any atom is 0.295 e. The first-order valence-electron chi connectivity index (χ1n) is 9.62. The van der Waals surface area contributed by atoms with E-state index >= 15 is 0 Å². The maximum absolute atomic E-state index is 13.0. The minimum Gasteiger partial charge on any atom is -0.325 e. The summed E-state index contributed by atoms with van der Waals surface area (Å²) in [6.07, 6.45) is 3.04. The molecule has 0 radical (unpaired) electrons. The lowest BCUT2D eigenvalue weighted by Gasteiger charge is -2.17. The van der Waals surface area contributed by atoms with E-state index in [4.69, 9.17) is 12.2 Å². The van der Waals surface area contributed by atoms with Crippen molar-refractivity contribution in [3.8, 4) is 5.69 Å². The standard InChI is InChI=1S/C22H23N5OS/c1-15-20(21(28)27(26(15)2)17-11-4-3-5-12-17)23-22(29)25-24-19-14-8-10-16-9-6-7-13-18(16)19/h3-7,9,11-13H,8,10,14H2,1-2H3,(H2,23,25,29). The highest BCUT2D eigenvalue weighted by Gasteiger charge is 2.18. The molecule has 0 saturated heterocycles. The minimum atomic E-state index is -0.156. The van der Waals surface area contributed by atoms with Crippen molar-refractivity contribution in [3.63, 3.8) is 0 Å². The lowest BCUT2D eigenvalue weighted by molar-refractivity contribution is 0.630. The molecule has 1 aromatic heterocycles. The predicted molar refractivity (Wildman–Crippen MR) is 121 cm³/mol. The van der Waals surface area contributed by atoms with Crippen molar-refractivity contribution in [2.45, 2.75) is 26.2 Å². The van der Waals surface area contributed by atoms with Crippen LogP contribution in [0.3, 0.4) is 0 Å². The van der Waals surface area contributed by atoms with Crippen LogP contribution < -0.4 is 16.3 Å². The monoisotopic (exact) mass is 405 g/mol. The Morgan fingerprint density at radius 1 is 1.07 bits per heavy atom. The molecule has 0 spiro atoms. The van der Waals surface area contributed by atoms with Gasteiger partial charge in [0.2, 0.25) is 0 Å². The van der Waals surface area contributed by atoms with Gasteiger partial charge in [-0.3, -0.25) is 14.9 Å². The van der Waals surface area contributed by atoms with Crippen LogP contribution in [0.4, 0.5) is 5.69 Å². The summed E-state index contributed by atoms with van der Waals surface area (Å²) in [5.74, 6) is 0. The maximum atomic E-state index is 13.0. The van der Waals surface area contributed by atoms with Crippen LogP contribution in [0.25, 0.3) is 5.69 Å². The van der Waals surface area contributed by atoms with E-state index in [2.05, 4.69) is 34.0 Å². The Balaban J connectivity index is 1.55. The Morgan fingerprint density at radius 3 is 2.59 bits per heavy atom. The molecular formula is C22H23N5OS. The zero-order valence-electron chi connectivity index (χ0n) is 16.5. The number of nitrogens with one attached hydrogen (secondary N) is 2. The van der Waals surface area contributed by atoms with E-state index in [1.807, 2.05) is 55.1 Å². The summed E-state index contributed by atoms with van der Waals surface area (Å²) in [5, 5.41) is 7.84. The first-order valence-corrected chi connectivity index (χ1v) is 10.0. The number of nitrogens with zero attached hydrogens (tertiary/aromatic N) is 3. The number of hydrogen-bond donors (Lipinski definition) is 2. The van der Waals surface area contributed by atoms with Crippen molar-refractivity contribution in [2.75, 3.05) is 5.32 Å². The third-order valence-corrected chi connectivity index (χ3v) is 5.47. The highest BCUT2D eigenvalue weighted by Crippen LogP contribution is 2.21. The zero-order chi connectivity index (χ0) is 20.4. The van der Waals surface area contributed by atoms with Gasteiger partial charge < -0.3 is 5.32 Å². The van der Waals surface area contributed by atoms with Gasteiger partial charge in [0.05, 0.1) is 17.1 Å². The molecule has 6 nitrogen and oxygen atoms in total. The van der Waals surface area contributed by atoms with Crippen LogP contribution >= 0.6 is 12.2 Å². The number of anilines is 1. The van der Waals surface area contributed by atoms with Gasteiger partial charge >= 0.3 is 0 Å². The fraction of sp³-hybridized carbons (Fsp3) is 0.227. The first-order chi connectivity index (χ1) is 14.1. The topological polar surface area (TPSA) is 63.4 Å². The van der Waals surface area contributed by atoms with Crippen molar-refractivity contribution in [2.24, 2.45) is 12.1 Å². The van der Waals surface area contributed by atoms with E-state index in [-0.39, 0.29) is 5.56 Å². The smallest absolute Gasteiger partial charge is 0.295 e. The highest BCUT2D eigenvalue weighted by atomic mass is 32.1. The largest absolute Gasteiger partial charge is 0.325 e. The summed E-state index contributed by atoms with van der Waals surface area (Å²) in [7, 11) is 1.85. The lowest BCUT2D eigenvalue weighted by atomic mass is 9.90. The molecule has 0 aliphatic heterocycles. The third kappa shape index (κ3) is 3.73. The van der Waals surface area contributed by atoms with E-state index in [1.54, 1.807) is 4.68 Å². The molecule has 0 fully saturated rings. The molecule has 1 aliphatic carbocycles. The van der Waals surface area contributed by atoms with Gasteiger partial charge in [0.25, 0.3) is 5.56 Å². The summed E-state index contributed by atoms with van der Waals surface area (Å²) in [6.45, 7) is 1.88. The van der Waals surface area contributed by atoms with Gasteiger partial charge in [0.15, 0.2) is 5.11 Å². The number of rotatable bonds is 3. The summed E-state index contributed by atoms with van der Waals surface area (Å²) in [4.78, 5) is 13.0. The molecule has 4 rings (SSSR count). The van der Waals surface area contributed by atoms with Crippen molar-refractivity contribution >= 4 is 28.7 Å². The molecule has 2 aromatic carbocycles. The third-order valence-electron chi connectivity index (χ3n) is 5.27. The quantitative estimate of drug-likeness (QED) is 0.517. The van der Waals surface area contributed by atoms with Crippen LogP contribution in [0.5, 0.6) is 0 Å². The van der Waals surface area contributed by atoms with Gasteiger partial charge in [-0.15, -0.1) is 0 Å². The Hall–Kier alpha value is -3.19. The van der Waals surface area contributed by atoms with E-state index in [9.17, 15) is 4.79 Å². The van der Waals surface area contributed by atoms with E-state index in [1.165, 1.54) is 5.56 Å². The fourth-order valence-corrected chi connectivity index (χ4v) is 3.84. The predicted octanol–water partition coefficient (Wildman–Crippen LogP) is 3.51. The fourth-order valence-electron chi connectivity index (χ4n) is 3.69. The molecule has 0 amide bonds. The van der Waals surface area contributed by atoms with Crippen LogP contribution in [0.1, 0.15) is 29.7 Å². The number of benzene rings is 2. The first kappa shape index (κ1) is 19.1. The molecule has 29 heavy (non-hydrogen) atoms. The van der Waals surface area contributed by atoms with Gasteiger partial charge in [-0.1, -0.05) is 42.5 Å². The van der Waals surface area contributed by atoms with Crippen LogP contribution in [0.2, 0.25) is 0 Å². The average Bonchev–Trinajstić information content (AvgIpc) is 2.96. The van der Waals surface area contributed by atoms with Gasteiger partial charge in [0, 0.05) is 12.6 Å². The summed E-state index contributed by atoms with van der Waals surface area (Å²) < 4.78 is 3.43. The van der Waals surface area contributed by atoms with Crippen molar-refractivity contribution in [1.29, 1.82) is 0 Å². The number of hydrogen-bond acceptors (Lipinski definition) is 3. The number of hydrazone groups is 1. The van der Waals surface area contributed by atoms with Gasteiger partial charge in [0.1, 0.15) is 5.69 Å². The molecule has 0 saturated carbocycles. The summed E-state index contributed by atoms with van der Waals surface area (Å²) in [5.41, 5.74) is 8.25. The molecule has 0 unspecified atom stereocenters. The highest BCUT2D eigenvalue weighted by molar-refractivity contribution is 7.80. The van der Waals surface area contributed by atoms with E-state index in [0.29, 0.717) is 10.8 Å². The SMILES string of the molecule is Cc1c(NC(=S)NN=C2CCCc3ccccc32)c(=O)n(-c2ccccc2)n1C. The summed E-state index contributed by atoms with van der Waals surface area (Å²) in [6, 6.07) is 17.8. The van der Waals surface area contributed by atoms with E-state index in [0.717, 1.165) is 41.9 Å². The van der Waals surface area contributed by atoms with Crippen molar-refractivity contribution in [3.05, 3.63) is 81.8 Å². The number of para-hydroxylation sites is 1.